The molecule has 8 heteroatoms. The third-order valence-electron chi connectivity index (χ3n) is 7.52. The number of carboxylic acids is 1. The number of fused-ring (bicyclic) bond motifs is 1. The summed E-state index contributed by atoms with van der Waals surface area (Å²) in [6, 6.07) is 13.2. The van der Waals surface area contributed by atoms with Gasteiger partial charge in [-0.1, -0.05) is 18.2 Å². The summed E-state index contributed by atoms with van der Waals surface area (Å²) in [6.07, 6.45) is 2.81. The molecule has 0 bridgehead atoms. The summed E-state index contributed by atoms with van der Waals surface area (Å²) in [7, 11) is 0. The van der Waals surface area contributed by atoms with Crippen molar-refractivity contribution in [3.05, 3.63) is 105 Å². The number of aryl methyl sites for hydroxylation is 1. The molecule has 1 saturated heterocycles. The summed E-state index contributed by atoms with van der Waals surface area (Å²) in [6.45, 7) is 2.14. The van der Waals surface area contributed by atoms with Crippen LogP contribution in [0.25, 0.3) is 11.1 Å². The monoisotopic (exact) mass is 559 g/mol. The van der Waals surface area contributed by atoms with Crippen molar-refractivity contribution in [2.24, 2.45) is 5.92 Å². The molecule has 3 aromatic rings. The zero-order valence-corrected chi connectivity index (χ0v) is 22.2. The van der Waals surface area contributed by atoms with Gasteiger partial charge in [-0.05, 0) is 96.2 Å². The highest BCUT2D eigenvalue weighted by Crippen LogP contribution is 2.42. The van der Waals surface area contributed by atoms with Gasteiger partial charge in [-0.2, -0.15) is 0 Å². The van der Waals surface area contributed by atoms with E-state index in [-0.39, 0.29) is 30.2 Å². The minimum atomic E-state index is -1.05. The largest absolute Gasteiger partial charge is 0.478 e. The Labute approximate surface area is 231 Å². The van der Waals surface area contributed by atoms with Gasteiger partial charge < -0.3 is 10.0 Å². The molecule has 0 unspecified atom stereocenters. The minimum absolute atomic E-state index is 0. The topological polar surface area (TPSA) is 40.5 Å². The van der Waals surface area contributed by atoms with Crippen molar-refractivity contribution in [3.8, 4) is 0 Å². The molecule has 0 amide bonds. The van der Waals surface area contributed by atoms with Crippen LogP contribution < -0.4 is 0 Å². The molecule has 0 radical (unpaired) electrons. The second kappa shape index (κ2) is 12.3. The number of allylic oxidation sites excluding steroid dienone is 1. The minimum Gasteiger partial charge on any atom is -0.478 e. The van der Waals surface area contributed by atoms with Crippen LogP contribution in [-0.4, -0.2) is 42.3 Å². The van der Waals surface area contributed by atoms with E-state index in [2.05, 4.69) is 4.90 Å². The van der Waals surface area contributed by atoms with Gasteiger partial charge in [0.05, 0.1) is 12.2 Å². The van der Waals surface area contributed by atoms with E-state index in [0.717, 1.165) is 36.8 Å². The van der Waals surface area contributed by atoms with Crippen molar-refractivity contribution in [2.75, 3.05) is 26.3 Å². The van der Waals surface area contributed by atoms with Gasteiger partial charge in [0.1, 0.15) is 17.5 Å². The van der Waals surface area contributed by atoms with Crippen LogP contribution in [0.1, 0.15) is 57.4 Å². The first-order valence-electron chi connectivity index (χ1n) is 13.0. The van der Waals surface area contributed by atoms with Gasteiger partial charge in [-0.3, -0.25) is 4.39 Å². The maximum Gasteiger partial charge on any atom is 0.335 e. The third-order valence-corrected chi connectivity index (χ3v) is 7.52. The summed E-state index contributed by atoms with van der Waals surface area (Å²) in [5.41, 5.74) is 3.98. The van der Waals surface area contributed by atoms with Crippen LogP contribution in [-0.2, 0) is 12.8 Å². The van der Waals surface area contributed by atoms with Gasteiger partial charge in [-0.25, -0.2) is 18.0 Å². The third kappa shape index (κ3) is 6.20. The zero-order chi connectivity index (χ0) is 26.8. The van der Waals surface area contributed by atoms with Crippen LogP contribution in [0.4, 0.5) is 17.6 Å². The molecule has 3 aromatic carbocycles. The van der Waals surface area contributed by atoms with Crippen molar-refractivity contribution in [1.82, 2.24) is 4.90 Å². The lowest BCUT2D eigenvalue weighted by Gasteiger charge is -2.39. The number of carbonyl (C=O) groups is 1. The molecule has 0 atom stereocenters. The number of nitrogens with zero attached hydrogens (tertiary/aromatic N) is 1. The molecular weight excluding hydrogens is 530 g/mol. The molecule has 1 N–H and O–H groups in total. The molecule has 3 nitrogen and oxygen atoms in total. The fourth-order valence-electron chi connectivity index (χ4n) is 5.73. The van der Waals surface area contributed by atoms with E-state index in [1.165, 1.54) is 24.3 Å². The number of carboxylic acid groups (broad SMARTS) is 1. The van der Waals surface area contributed by atoms with Crippen LogP contribution in [0.2, 0.25) is 0 Å². The molecule has 0 spiro atoms. The van der Waals surface area contributed by atoms with Crippen LogP contribution >= 0.6 is 12.4 Å². The molecule has 5 rings (SSSR count). The molecule has 1 aliphatic carbocycles. The van der Waals surface area contributed by atoms with Crippen LogP contribution in [0.15, 0.2) is 54.6 Å². The molecular formula is C31H30ClF4NO2. The first kappa shape index (κ1) is 28.8. The predicted molar refractivity (Wildman–Crippen MR) is 146 cm³/mol. The number of likely N-dealkylation sites (tertiary alicyclic amines) is 1. The molecule has 1 fully saturated rings. The lowest BCUT2D eigenvalue weighted by molar-refractivity contribution is 0.0696. The van der Waals surface area contributed by atoms with Crippen molar-refractivity contribution < 1.29 is 27.5 Å². The number of rotatable bonds is 8. The molecule has 1 heterocycles. The maximum absolute atomic E-state index is 15.8. The fraction of sp³-hybridized carbons (Fsp3) is 0.323. The molecule has 0 saturated carbocycles. The van der Waals surface area contributed by atoms with Crippen LogP contribution in [0.5, 0.6) is 0 Å². The Bertz CT molecular complexity index is 1400. The standard InChI is InChI=1S/C31H29F4NO2.ClH/c32-11-2-12-36-17-20(18-36)13-19-5-8-27(28(34)14-19)30-24-9-6-22(31(37)38)15-21(24)3-1-4-26(30)25-10-7-23(33)16-29(25)35;/h5-10,14-16,20H,1-4,11-13,17-18H2,(H,37,38);1H. The summed E-state index contributed by atoms with van der Waals surface area (Å²) in [4.78, 5) is 13.8. The molecule has 1 aliphatic heterocycles. The van der Waals surface area contributed by atoms with Gasteiger partial charge in [0.25, 0.3) is 0 Å². The van der Waals surface area contributed by atoms with E-state index in [1.807, 2.05) is 6.07 Å². The smallest absolute Gasteiger partial charge is 0.335 e. The van der Waals surface area contributed by atoms with Crippen LogP contribution in [0.3, 0.4) is 0 Å². The highest BCUT2D eigenvalue weighted by atomic mass is 35.5. The van der Waals surface area contributed by atoms with Gasteiger partial charge in [-0.15, -0.1) is 12.4 Å². The van der Waals surface area contributed by atoms with Gasteiger partial charge >= 0.3 is 5.97 Å². The van der Waals surface area contributed by atoms with E-state index in [9.17, 15) is 23.1 Å². The van der Waals surface area contributed by atoms with Gasteiger partial charge in [0, 0.05) is 36.8 Å². The Hall–Kier alpha value is -3.16. The Kier molecular flexibility index (Phi) is 9.13. The fourth-order valence-corrected chi connectivity index (χ4v) is 5.73. The SMILES string of the molecule is Cl.O=C(O)c1ccc2c(c1)CCCC(c1ccc(F)cc1F)=C2c1ccc(CC2CN(CCCF)C2)cc1F. The average molecular weight is 560 g/mol. The lowest BCUT2D eigenvalue weighted by atomic mass is 9.85. The quantitative estimate of drug-likeness (QED) is 0.293. The Balaban J connectivity index is 0.00000353. The van der Waals surface area contributed by atoms with E-state index in [0.29, 0.717) is 60.3 Å². The number of hydrogen-bond acceptors (Lipinski definition) is 2. The number of halogens is 5. The highest BCUT2D eigenvalue weighted by molar-refractivity contribution is 6.01. The second-order valence-electron chi connectivity index (χ2n) is 10.2. The zero-order valence-electron chi connectivity index (χ0n) is 21.4. The van der Waals surface area contributed by atoms with E-state index >= 15 is 4.39 Å². The normalized spacial score (nSPS) is 15.8. The van der Waals surface area contributed by atoms with Crippen molar-refractivity contribution in [3.63, 3.8) is 0 Å². The average Bonchev–Trinajstić information content (AvgIpc) is 3.04. The van der Waals surface area contributed by atoms with Crippen molar-refractivity contribution >= 4 is 29.5 Å². The summed E-state index contributed by atoms with van der Waals surface area (Å²) in [5, 5.41) is 9.49. The number of aromatic carboxylic acids is 1. The van der Waals surface area contributed by atoms with Crippen LogP contribution in [0, 0.1) is 23.4 Å². The van der Waals surface area contributed by atoms with Gasteiger partial charge in [0.2, 0.25) is 0 Å². The summed E-state index contributed by atoms with van der Waals surface area (Å²) < 4.78 is 56.9. The number of benzene rings is 3. The summed E-state index contributed by atoms with van der Waals surface area (Å²) >= 11 is 0. The predicted octanol–water partition coefficient (Wildman–Crippen LogP) is 7.35. The number of hydrogen-bond donors (Lipinski definition) is 1. The Morgan fingerprint density at radius 3 is 2.31 bits per heavy atom. The molecule has 206 valence electrons. The van der Waals surface area contributed by atoms with Gasteiger partial charge in [0.15, 0.2) is 0 Å². The summed E-state index contributed by atoms with van der Waals surface area (Å²) in [5.74, 6) is -2.52. The van der Waals surface area contributed by atoms with Crippen molar-refractivity contribution in [2.45, 2.75) is 32.1 Å². The molecule has 0 aromatic heterocycles. The molecule has 39 heavy (non-hydrogen) atoms. The van der Waals surface area contributed by atoms with Crippen molar-refractivity contribution in [1.29, 1.82) is 0 Å². The Morgan fingerprint density at radius 2 is 1.62 bits per heavy atom. The highest BCUT2D eigenvalue weighted by Gasteiger charge is 2.28. The Morgan fingerprint density at radius 1 is 0.897 bits per heavy atom. The molecule has 2 aliphatic rings. The second-order valence-corrected chi connectivity index (χ2v) is 10.2. The van der Waals surface area contributed by atoms with E-state index in [4.69, 9.17) is 0 Å². The van der Waals surface area contributed by atoms with E-state index < -0.39 is 23.4 Å². The first-order valence-corrected chi connectivity index (χ1v) is 13.0. The maximum atomic E-state index is 15.8. The lowest BCUT2D eigenvalue weighted by Crippen LogP contribution is -2.47. The first-order chi connectivity index (χ1) is 18.3. The van der Waals surface area contributed by atoms with E-state index in [1.54, 1.807) is 18.2 Å². The number of alkyl halides is 1.